The molecule has 1 heterocycles. The second kappa shape index (κ2) is 4.50. The predicted octanol–water partition coefficient (Wildman–Crippen LogP) is 1.68. The highest BCUT2D eigenvalue weighted by molar-refractivity contribution is 6.64. The summed E-state index contributed by atoms with van der Waals surface area (Å²) in [4.78, 5) is 11.2. The van der Waals surface area contributed by atoms with E-state index in [2.05, 4.69) is 11.9 Å². The number of hydrogen-bond donors (Lipinski definition) is 1. The molecule has 0 radical (unpaired) electrons. The fourth-order valence-corrected chi connectivity index (χ4v) is 1.76. The number of hydrogen-bond acceptors (Lipinski definition) is 3. The van der Waals surface area contributed by atoms with Gasteiger partial charge in [0.2, 0.25) is 5.91 Å². The van der Waals surface area contributed by atoms with Crippen molar-refractivity contribution in [1.82, 2.24) is 0 Å². The molecule has 1 aliphatic heterocycles. The van der Waals surface area contributed by atoms with E-state index < -0.39 is 12.7 Å². The molecule has 94 valence electrons. The number of rotatable bonds is 2. The molecule has 0 unspecified atom stereocenters. The summed E-state index contributed by atoms with van der Waals surface area (Å²) in [6.45, 7) is 9.11. The van der Waals surface area contributed by atoms with E-state index >= 15 is 0 Å². The van der Waals surface area contributed by atoms with Gasteiger partial charge in [0.15, 0.2) is 0 Å². The van der Waals surface area contributed by atoms with Gasteiger partial charge in [-0.05, 0) is 19.9 Å². The number of amides is 1. The summed E-state index contributed by atoms with van der Waals surface area (Å²) in [5, 5.41) is 2.76. The molecule has 18 heavy (non-hydrogen) atoms. The minimum Gasteiger partial charge on any atom is -0.534 e. The molecule has 2 rings (SSSR count). The Bertz CT molecular complexity index is 499. The van der Waals surface area contributed by atoms with Crippen LogP contribution in [0, 0.1) is 0 Å². The van der Waals surface area contributed by atoms with E-state index in [1.54, 1.807) is 0 Å². The second-order valence-electron chi connectivity index (χ2n) is 4.77. The summed E-state index contributed by atoms with van der Waals surface area (Å²) in [5.41, 5.74) is 0.966. The normalized spacial score (nSPS) is 17.5. The topological polar surface area (TPSA) is 47.6 Å². The average Bonchev–Trinajstić information content (AvgIpc) is 2.53. The molecule has 0 aromatic heterocycles. The molecule has 0 spiro atoms. The van der Waals surface area contributed by atoms with Crippen LogP contribution in [0.2, 0.25) is 0 Å². The zero-order valence-corrected chi connectivity index (χ0v) is 10.8. The van der Waals surface area contributed by atoms with E-state index in [1.165, 1.54) is 6.92 Å². The Morgan fingerprint density at radius 2 is 2.06 bits per heavy atom. The predicted molar refractivity (Wildman–Crippen MR) is 71.5 cm³/mol. The molecule has 1 aliphatic rings. The molecular formula is C13H16BNO3. The molecule has 0 saturated carbocycles. The van der Waals surface area contributed by atoms with Crippen molar-refractivity contribution in [3.05, 3.63) is 36.6 Å². The van der Waals surface area contributed by atoms with Gasteiger partial charge in [0, 0.05) is 18.1 Å². The van der Waals surface area contributed by atoms with Crippen LogP contribution < -0.4 is 10.8 Å². The first kappa shape index (κ1) is 12.7. The maximum Gasteiger partial charge on any atom is 0.565 e. The van der Waals surface area contributed by atoms with Crippen molar-refractivity contribution in [2.24, 2.45) is 0 Å². The third-order valence-corrected chi connectivity index (χ3v) is 2.85. The maximum atomic E-state index is 11.2. The van der Waals surface area contributed by atoms with Crippen molar-refractivity contribution in [1.29, 1.82) is 0 Å². The number of carbonyl (C=O) groups is 1. The summed E-state index contributed by atoms with van der Waals surface area (Å²) in [6.07, 6.45) is 0. The van der Waals surface area contributed by atoms with Crippen LogP contribution in [-0.2, 0) is 14.1 Å². The molecule has 1 saturated heterocycles. The van der Waals surface area contributed by atoms with Gasteiger partial charge in [-0.2, -0.15) is 0 Å². The third kappa shape index (κ3) is 2.41. The Balaban J connectivity index is 2.29. The van der Waals surface area contributed by atoms with Gasteiger partial charge in [0.05, 0.1) is 5.76 Å². The lowest BCUT2D eigenvalue weighted by Crippen LogP contribution is -2.36. The molecule has 0 bridgehead atoms. The minimum absolute atomic E-state index is 0.126. The first-order valence-corrected chi connectivity index (χ1v) is 5.80. The quantitative estimate of drug-likeness (QED) is 0.806. The Kier molecular flexibility index (Phi) is 3.17. The lowest BCUT2D eigenvalue weighted by molar-refractivity contribution is -0.114. The van der Waals surface area contributed by atoms with Crippen molar-refractivity contribution in [3.8, 4) is 0 Å². The van der Waals surface area contributed by atoms with Crippen molar-refractivity contribution < 1.29 is 14.1 Å². The van der Waals surface area contributed by atoms with Gasteiger partial charge in [0.1, 0.15) is 5.60 Å². The lowest BCUT2D eigenvalue weighted by Gasteiger charge is -2.16. The fourth-order valence-electron chi connectivity index (χ4n) is 1.76. The van der Waals surface area contributed by atoms with Crippen molar-refractivity contribution >= 4 is 24.2 Å². The van der Waals surface area contributed by atoms with Crippen LogP contribution in [0.4, 0.5) is 5.69 Å². The fraction of sp³-hybridized carbons (Fsp3) is 0.308. The molecule has 0 aliphatic carbocycles. The summed E-state index contributed by atoms with van der Waals surface area (Å²) >= 11 is 0. The first-order valence-electron chi connectivity index (χ1n) is 5.80. The Morgan fingerprint density at radius 1 is 1.39 bits per heavy atom. The molecule has 0 atom stereocenters. The van der Waals surface area contributed by atoms with Crippen LogP contribution in [0.15, 0.2) is 36.6 Å². The smallest absolute Gasteiger partial charge is 0.534 e. The van der Waals surface area contributed by atoms with E-state index in [-0.39, 0.29) is 5.91 Å². The number of anilines is 1. The van der Waals surface area contributed by atoms with Crippen molar-refractivity contribution in [2.45, 2.75) is 26.4 Å². The molecular weight excluding hydrogens is 229 g/mol. The highest BCUT2D eigenvalue weighted by Crippen LogP contribution is 2.29. The van der Waals surface area contributed by atoms with Crippen LogP contribution in [0.5, 0.6) is 0 Å². The first-order chi connectivity index (χ1) is 8.40. The van der Waals surface area contributed by atoms with Gasteiger partial charge in [-0.3, -0.25) is 4.79 Å². The van der Waals surface area contributed by atoms with Gasteiger partial charge in [0.25, 0.3) is 0 Å². The lowest BCUT2D eigenvalue weighted by atomic mass is 9.78. The number of carbonyl (C=O) groups excluding carboxylic acids is 1. The van der Waals surface area contributed by atoms with Crippen LogP contribution in [0.25, 0.3) is 0 Å². The zero-order valence-electron chi connectivity index (χ0n) is 10.8. The number of para-hydroxylation sites is 1. The van der Waals surface area contributed by atoms with Crippen LogP contribution in [-0.4, -0.2) is 18.6 Å². The largest absolute Gasteiger partial charge is 0.565 e. The number of benzene rings is 1. The van der Waals surface area contributed by atoms with Crippen molar-refractivity contribution in [2.75, 3.05) is 5.32 Å². The summed E-state index contributed by atoms with van der Waals surface area (Å²) < 4.78 is 11.4. The van der Waals surface area contributed by atoms with E-state index in [4.69, 9.17) is 9.31 Å². The molecule has 1 N–H and O–H groups in total. The van der Waals surface area contributed by atoms with E-state index in [0.29, 0.717) is 11.4 Å². The van der Waals surface area contributed by atoms with E-state index in [9.17, 15) is 4.79 Å². The standard InChI is InChI=1S/C13H16BNO3/c1-9-13(3,4)18-14(17-9)11-7-5-6-8-12(11)15-10(2)16/h5-8H,1H2,2-4H3,(H,15,16). The Labute approximate surface area is 107 Å². The highest BCUT2D eigenvalue weighted by atomic mass is 16.7. The minimum atomic E-state index is -0.532. The Morgan fingerprint density at radius 3 is 2.61 bits per heavy atom. The van der Waals surface area contributed by atoms with Gasteiger partial charge in [-0.15, -0.1) is 0 Å². The highest BCUT2D eigenvalue weighted by Gasteiger charge is 2.43. The average molecular weight is 245 g/mol. The SMILES string of the molecule is C=C1OB(c2ccccc2NC(C)=O)OC1(C)C. The van der Waals surface area contributed by atoms with Gasteiger partial charge in [-0.25, -0.2) is 0 Å². The van der Waals surface area contributed by atoms with Gasteiger partial charge < -0.3 is 14.6 Å². The van der Waals surface area contributed by atoms with Crippen LogP contribution >= 0.6 is 0 Å². The second-order valence-corrected chi connectivity index (χ2v) is 4.77. The summed E-state index contributed by atoms with van der Waals surface area (Å²) in [6, 6.07) is 7.41. The summed E-state index contributed by atoms with van der Waals surface area (Å²) in [5.74, 6) is 0.462. The van der Waals surface area contributed by atoms with E-state index in [0.717, 1.165) is 5.46 Å². The summed E-state index contributed by atoms with van der Waals surface area (Å²) in [7, 11) is -0.532. The Hall–Kier alpha value is -1.75. The van der Waals surface area contributed by atoms with Crippen molar-refractivity contribution in [3.63, 3.8) is 0 Å². The van der Waals surface area contributed by atoms with Crippen LogP contribution in [0.1, 0.15) is 20.8 Å². The third-order valence-electron chi connectivity index (χ3n) is 2.85. The van der Waals surface area contributed by atoms with Crippen LogP contribution in [0.3, 0.4) is 0 Å². The monoisotopic (exact) mass is 245 g/mol. The maximum absolute atomic E-state index is 11.2. The van der Waals surface area contributed by atoms with Gasteiger partial charge in [-0.1, -0.05) is 24.8 Å². The molecule has 1 amide bonds. The van der Waals surface area contributed by atoms with Gasteiger partial charge >= 0.3 is 7.12 Å². The molecule has 5 heteroatoms. The zero-order chi connectivity index (χ0) is 13.3. The number of nitrogens with one attached hydrogen (secondary N) is 1. The molecule has 1 aromatic carbocycles. The molecule has 1 aromatic rings. The molecule has 1 fully saturated rings. The van der Waals surface area contributed by atoms with E-state index in [1.807, 2.05) is 38.1 Å². The molecule has 4 nitrogen and oxygen atoms in total.